The molecule has 1 aliphatic rings. The summed E-state index contributed by atoms with van der Waals surface area (Å²) in [6, 6.07) is 14.7. The molecule has 1 N–H and O–H groups in total. The summed E-state index contributed by atoms with van der Waals surface area (Å²) in [6.45, 7) is 3.50. The Labute approximate surface area is 117 Å². The highest BCUT2D eigenvalue weighted by atomic mass is 16.5. The van der Waals surface area contributed by atoms with Crippen molar-refractivity contribution in [1.29, 1.82) is 0 Å². The van der Waals surface area contributed by atoms with Gasteiger partial charge in [-0.25, -0.2) is 0 Å². The second-order valence-corrected chi connectivity index (χ2v) is 5.38. The van der Waals surface area contributed by atoms with Crippen LogP contribution in [0.4, 0.5) is 0 Å². The Morgan fingerprint density at radius 1 is 1.10 bits per heavy atom. The summed E-state index contributed by atoms with van der Waals surface area (Å²) in [6.07, 6.45) is -0.689. The molecule has 2 aromatic carbocycles. The van der Waals surface area contributed by atoms with Gasteiger partial charge in [0.2, 0.25) is 5.78 Å². The minimum absolute atomic E-state index is 0.301. The summed E-state index contributed by atoms with van der Waals surface area (Å²) in [5, 5.41) is 10.6. The van der Waals surface area contributed by atoms with Crippen LogP contribution in [-0.4, -0.2) is 16.5 Å². The van der Waals surface area contributed by atoms with E-state index in [2.05, 4.69) is 0 Å². The number of ketones is 1. The van der Waals surface area contributed by atoms with Gasteiger partial charge in [-0.15, -0.1) is 0 Å². The SMILES string of the molecule is Cc1ccc(C2Oc3ccccc3C(=O)C2(C)O)cc1. The summed E-state index contributed by atoms with van der Waals surface area (Å²) in [7, 11) is 0. The van der Waals surface area contributed by atoms with E-state index >= 15 is 0 Å². The van der Waals surface area contributed by atoms with Crippen molar-refractivity contribution in [2.75, 3.05) is 0 Å². The van der Waals surface area contributed by atoms with Gasteiger partial charge < -0.3 is 9.84 Å². The van der Waals surface area contributed by atoms with Crippen molar-refractivity contribution in [3.63, 3.8) is 0 Å². The molecule has 0 bridgehead atoms. The van der Waals surface area contributed by atoms with Crippen molar-refractivity contribution < 1.29 is 14.6 Å². The predicted molar refractivity (Wildman–Crippen MR) is 75.9 cm³/mol. The number of carbonyl (C=O) groups excluding carboxylic acids is 1. The number of carbonyl (C=O) groups is 1. The summed E-state index contributed by atoms with van der Waals surface area (Å²) >= 11 is 0. The zero-order valence-corrected chi connectivity index (χ0v) is 11.5. The van der Waals surface area contributed by atoms with E-state index in [-0.39, 0.29) is 5.78 Å². The summed E-state index contributed by atoms with van der Waals surface area (Å²) in [5.41, 5.74) is 0.782. The molecule has 2 unspecified atom stereocenters. The van der Waals surface area contributed by atoms with Gasteiger partial charge in [0.15, 0.2) is 11.7 Å². The Morgan fingerprint density at radius 3 is 2.45 bits per heavy atom. The molecule has 102 valence electrons. The molecule has 0 amide bonds. The van der Waals surface area contributed by atoms with Crippen LogP contribution in [0.2, 0.25) is 0 Å². The van der Waals surface area contributed by atoms with Gasteiger partial charge in [-0.2, -0.15) is 0 Å². The molecule has 1 heterocycles. The molecule has 0 aliphatic carbocycles. The second kappa shape index (κ2) is 4.46. The first-order valence-electron chi connectivity index (χ1n) is 6.59. The third-order valence-corrected chi connectivity index (χ3v) is 3.73. The molecule has 0 spiro atoms. The summed E-state index contributed by atoms with van der Waals surface area (Å²) < 4.78 is 5.87. The van der Waals surface area contributed by atoms with Crippen LogP contribution < -0.4 is 4.74 Å². The van der Waals surface area contributed by atoms with E-state index in [9.17, 15) is 9.90 Å². The van der Waals surface area contributed by atoms with Crippen molar-refractivity contribution in [2.45, 2.75) is 25.6 Å². The smallest absolute Gasteiger partial charge is 0.201 e. The third kappa shape index (κ3) is 1.91. The van der Waals surface area contributed by atoms with Gasteiger partial charge in [0.25, 0.3) is 0 Å². The van der Waals surface area contributed by atoms with Crippen LogP contribution >= 0.6 is 0 Å². The molecule has 2 atom stereocenters. The van der Waals surface area contributed by atoms with Gasteiger partial charge >= 0.3 is 0 Å². The van der Waals surface area contributed by atoms with E-state index in [0.717, 1.165) is 11.1 Å². The molecule has 1 aliphatic heterocycles. The lowest BCUT2D eigenvalue weighted by molar-refractivity contribution is -0.0379. The van der Waals surface area contributed by atoms with Gasteiger partial charge in [0.05, 0.1) is 5.56 Å². The van der Waals surface area contributed by atoms with Crippen LogP contribution in [-0.2, 0) is 0 Å². The number of hydrogen-bond donors (Lipinski definition) is 1. The van der Waals surface area contributed by atoms with Gasteiger partial charge in [-0.05, 0) is 31.5 Å². The number of aliphatic hydroxyl groups is 1. The molecule has 3 rings (SSSR count). The van der Waals surface area contributed by atoms with Crippen LogP contribution in [0.25, 0.3) is 0 Å². The number of benzene rings is 2. The number of rotatable bonds is 1. The molecule has 20 heavy (non-hydrogen) atoms. The van der Waals surface area contributed by atoms with Gasteiger partial charge in [0.1, 0.15) is 5.75 Å². The molecule has 2 aromatic rings. The van der Waals surface area contributed by atoms with E-state index in [4.69, 9.17) is 4.74 Å². The fourth-order valence-electron chi connectivity index (χ4n) is 2.52. The van der Waals surface area contributed by atoms with Crippen molar-refractivity contribution in [3.8, 4) is 5.75 Å². The zero-order chi connectivity index (χ0) is 14.3. The first-order chi connectivity index (χ1) is 9.50. The minimum atomic E-state index is -1.57. The number of fused-ring (bicyclic) bond motifs is 1. The quantitative estimate of drug-likeness (QED) is 0.864. The fraction of sp³-hybridized carbons (Fsp3) is 0.235. The second-order valence-electron chi connectivity index (χ2n) is 5.38. The number of para-hydroxylation sites is 1. The lowest BCUT2D eigenvalue weighted by atomic mass is 9.83. The molecule has 3 nitrogen and oxygen atoms in total. The molecule has 0 fully saturated rings. The Kier molecular flexibility index (Phi) is 2.87. The standard InChI is InChI=1S/C17H16O3/c1-11-7-9-12(10-8-11)16-17(2,19)15(18)13-5-3-4-6-14(13)20-16/h3-10,16,19H,1-2H3. The van der Waals surface area contributed by atoms with Gasteiger partial charge in [-0.1, -0.05) is 42.0 Å². The minimum Gasteiger partial charge on any atom is -0.481 e. The van der Waals surface area contributed by atoms with Crippen LogP contribution in [0.15, 0.2) is 48.5 Å². The topological polar surface area (TPSA) is 46.5 Å². The first-order valence-corrected chi connectivity index (χ1v) is 6.59. The van der Waals surface area contributed by atoms with Gasteiger partial charge in [0, 0.05) is 0 Å². The normalized spacial score (nSPS) is 24.9. The first kappa shape index (κ1) is 12.9. The maximum Gasteiger partial charge on any atom is 0.201 e. The Bertz CT molecular complexity index is 656. The Balaban J connectivity index is 2.09. The van der Waals surface area contributed by atoms with Crippen molar-refractivity contribution in [2.24, 2.45) is 0 Å². The lowest BCUT2D eigenvalue weighted by Crippen LogP contribution is -2.47. The van der Waals surface area contributed by atoms with E-state index in [1.165, 1.54) is 6.92 Å². The highest BCUT2D eigenvalue weighted by Crippen LogP contribution is 2.40. The Hall–Kier alpha value is -2.13. The zero-order valence-electron chi connectivity index (χ0n) is 11.5. The monoisotopic (exact) mass is 268 g/mol. The molecule has 0 radical (unpaired) electrons. The van der Waals surface area contributed by atoms with Crippen LogP contribution in [0.3, 0.4) is 0 Å². The Morgan fingerprint density at radius 2 is 1.75 bits per heavy atom. The maximum absolute atomic E-state index is 12.5. The molecular formula is C17H16O3. The molecule has 0 saturated heterocycles. The van der Waals surface area contributed by atoms with Crippen LogP contribution in [0, 0.1) is 6.92 Å². The van der Waals surface area contributed by atoms with Crippen LogP contribution in [0.1, 0.15) is 34.5 Å². The highest BCUT2D eigenvalue weighted by molar-refractivity contribution is 6.05. The van der Waals surface area contributed by atoms with Crippen molar-refractivity contribution in [1.82, 2.24) is 0 Å². The van der Waals surface area contributed by atoms with E-state index < -0.39 is 11.7 Å². The third-order valence-electron chi connectivity index (χ3n) is 3.73. The van der Waals surface area contributed by atoms with E-state index in [1.807, 2.05) is 37.3 Å². The average Bonchev–Trinajstić information content (AvgIpc) is 2.44. The highest BCUT2D eigenvalue weighted by Gasteiger charge is 2.47. The number of Topliss-reactive ketones (excluding diaryl/α,β-unsaturated/α-hetero) is 1. The predicted octanol–water partition coefficient (Wildman–Crippen LogP) is 3.06. The van der Waals surface area contributed by atoms with Gasteiger partial charge in [-0.3, -0.25) is 4.79 Å². The summed E-state index contributed by atoms with van der Waals surface area (Å²) in [5.74, 6) is 0.222. The number of ether oxygens (including phenoxy) is 1. The molecule has 3 heteroatoms. The summed E-state index contributed by atoms with van der Waals surface area (Å²) in [4.78, 5) is 12.5. The maximum atomic E-state index is 12.5. The average molecular weight is 268 g/mol. The lowest BCUT2D eigenvalue weighted by Gasteiger charge is -2.37. The fourth-order valence-corrected chi connectivity index (χ4v) is 2.52. The van der Waals surface area contributed by atoms with Crippen molar-refractivity contribution >= 4 is 5.78 Å². The largest absolute Gasteiger partial charge is 0.481 e. The van der Waals surface area contributed by atoms with E-state index in [1.54, 1.807) is 18.2 Å². The van der Waals surface area contributed by atoms with E-state index in [0.29, 0.717) is 11.3 Å². The number of aryl methyl sites for hydroxylation is 1. The molecular weight excluding hydrogens is 252 g/mol. The number of hydrogen-bond acceptors (Lipinski definition) is 3. The van der Waals surface area contributed by atoms with Crippen LogP contribution in [0.5, 0.6) is 5.75 Å². The van der Waals surface area contributed by atoms with Crippen molar-refractivity contribution in [3.05, 3.63) is 65.2 Å². The molecule has 0 aromatic heterocycles. The molecule has 0 saturated carbocycles.